The van der Waals surface area contributed by atoms with E-state index >= 15 is 0 Å². The van der Waals surface area contributed by atoms with E-state index < -0.39 is 11.9 Å². The Balaban J connectivity index is 2.26. The van der Waals surface area contributed by atoms with Crippen molar-refractivity contribution in [3.63, 3.8) is 0 Å². The molecule has 1 fully saturated rings. The summed E-state index contributed by atoms with van der Waals surface area (Å²) in [6, 6.07) is 5.74. The van der Waals surface area contributed by atoms with Crippen LogP contribution in [0.15, 0.2) is 18.2 Å². The molecule has 0 aromatic heterocycles. The molecule has 1 atom stereocenters. The van der Waals surface area contributed by atoms with Gasteiger partial charge >= 0.3 is 5.97 Å². The number of carboxylic acids is 1. The van der Waals surface area contributed by atoms with Crippen LogP contribution in [0.3, 0.4) is 0 Å². The lowest BCUT2D eigenvalue weighted by molar-refractivity contribution is -0.141. The highest BCUT2D eigenvalue weighted by molar-refractivity contribution is 5.99. The van der Waals surface area contributed by atoms with E-state index in [1.807, 2.05) is 32.0 Å². The highest BCUT2D eigenvalue weighted by Crippen LogP contribution is 2.26. The highest BCUT2D eigenvalue weighted by atomic mass is 16.4. The second-order valence-corrected chi connectivity index (χ2v) is 4.51. The number of anilines is 1. The van der Waals surface area contributed by atoms with Crippen molar-refractivity contribution in [2.45, 2.75) is 20.3 Å². The number of nitrogens with zero attached hydrogens (tertiary/aromatic N) is 1. The second-order valence-electron chi connectivity index (χ2n) is 4.51. The van der Waals surface area contributed by atoms with Gasteiger partial charge in [0.15, 0.2) is 0 Å². The van der Waals surface area contributed by atoms with Crippen molar-refractivity contribution in [2.75, 3.05) is 11.4 Å². The van der Waals surface area contributed by atoms with E-state index in [0.717, 1.165) is 16.8 Å². The monoisotopic (exact) mass is 233 g/mol. The van der Waals surface area contributed by atoms with Crippen molar-refractivity contribution in [3.05, 3.63) is 29.3 Å². The third-order valence-electron chi connectivity index (χ3n) is 3.28. The molecule has 1 amide bonds. The first-order valence-corrected chi connectivity index (χ1v) is 5.59. The fourth-order valence-corrected chi connectivity index (χ4v) is 2.02. The maximum absolute atomic E-state index is 11.7. The van der Waals surface area contributed by atoms with Crippen LogP contribution in [0.4, 0.5) is 5.69 Å². The maximum atomic E-state index is 11.7. The topological polar surface area (TPSA) is 57.6 Å². The van der Waals surface area contributed by atoms with Crippen LogP contribution in [0.5, 0.6) is 0 Å². The molecule has 1 aliphatic rings. The number of benzene rings is 1. The summed E-state index contributed by atoms with van der Waals surface area (Å²) in [6.45, 7) is 4.26. The quantitative estimate of drug-likeness (QED) is 0.846. The number of aryl methyl sites for hydroxylation is 2. The van der Waals surface area contributed by atoms with Gasteiger partial charge in [-0.1, -0.05) is 6.07 Å². The first-order chi connectivity index (χ1) is 7.99. The van der Waals surface area contributed by atoms with Crippen LogP contribution in [0.2, 0.25) is 0 Å². The van der Waals surface area contributed by atoms with E-state index in [2.05, 4.69) is 0 Å². The fraction of sp³-hybridized carbons (Fsp3) is 0.385. The van der Waals surface area contributed by atoms with Crippen LogP contribution in [-0.2, 0) is 9.59 Å². The molecule has 0 unspecified atom stereocenters. The zero-order valence-electron chi connectivity index (χ0n) is 9.93. The van der Waals surface area contributed by atoms with E-state index in [9.17, 15) is 9.59 Å². The van der Waals surface area contributed by atoms with Gasteiger partial charge in [-0.25, -0.2) is 0 Å². The summed E-state index contributed by atoms with van der Waals surface area (Å²) in [6.07, 6.45) is 0.0995. The van der Waals surface area contributed by atoms with Crippen LogP contribution in [0.25, 0.3) is 0 Å². The smallest absolute Gasteiger partial charge is 0.308 e. The SMILES string of the molecule is Cc1ccc(N2C[C@H](C(=O)O)CC2=O)cc1C. The normalized spacial score (nSPS) is 19.8. The Kier molecular flexibility index (Phi) is 2.88. The lowest BCUT2D eigenvalue weighted by Crippen LogP contribution is -2.25. The van der Waals surface area contributed by atoms with Crippen LogP contribution in [-0.4, -0.2) is 23.5 Å². The zero-order chi connectivity index (χ0) is 12.6. The molecular weight excluding hydrogens is 218 g/mol. The van der Waals surface area contributed by atoms with Crippen molar-refractivity contribution in [2.24, 2.45) is 5.92 Å². The predicted molar refractivity (Wildman–Crippen MR) is 64.0 cm³/mol. The molecular formula is C13H15NO3. The molecule has 17 heavy (non-hydrogen) atoms. The third-order valence-corrected chi connectivity index (χ3v) is 3.28. The van der Waals surface area contributed by atoms with Crippen molar-refractivity contribution in [3.8, 4) is 0 Å². The van der Waals surface area contributed by atoms with E-state index in [-0.39, 0.29) is 18.9 Å². The summed E-state index contributed by atoms with van der Waals surface area (Å²) in [7, 11) is 0. The minimum absolute atomic E-state index is 0.0995. The van der Waals surface area contributed by atoms with Crippen molar-refractivity contribution < 1.29 is 14.7 Å². The van der Waals surface area contributed by atoms with Gasteiger partial charge in [-0.05, 0) is 37.1 Å². The molecule has 0 spiro atoms. The molecule has 1 N–H and O–H groups in total. The third kappa shape index (κ3) is 2.16. The maximum Gasteiger partial charge on any atom is 0.308 e. The number of carbonyl (C=O) groups is 2. The largest absolute Gasteiger partial charge is 0.481 e. The van der Waals surface area contributed by atoms with Gasteiger partial charge in [-0.3, -0.25) is 9.59 Å². The van der Waals surface area contributed by atoms with Crippen LogP contribution < -0.4 is 4.90 Å². The van der Waals surface area contributed by atoms with Crippen molar-refractivity contribution in [1.29, 1.82) is 0 Å². The number of rotatable bonds is 2. The number of hydrogen-bond acceptors (Lipinski definition) is 2. The van der Waals surface area contributed by atoms with Gasteiger partial charge in [-0.15, -0.1) is 0 Å². The van der Waals surface area contributed by atoms with E-state index in [4.69, 9.17) is 5.11 Å². The van der Waals surface area contributed by atoms with Crippen LogP contribution in [0, 0.1) is 19.8 Å². The molecule has 0 saturated carbocycles. The molecule has 4 nitrogen and oxygen atoms in total. The number of aliphatic carboxylic acids is 1. The van der Waals surface area contributed by atoms with E-state index in [1.165, 1.54) is 0 Å². The molecule has 1 heterocycles. The van der Waals surface area contributed by atoms with Crippen molar-refractivity contribution in [1.82, 2.24) is 0 Å². The Morgan fingerprint density at radius 2 is 2.06 bits per heavy atom. The van der Waals surface area contributed by atoms with Crippen LogP contribution >= 0.6 is 0 Å². The summed E-state index contributed by atoms with van der Waals surface area (Å²) >= 11 is 0. The summed E-state index contributed by atoms with van der Waals surface area (Å²) in [5.74, 6) is -1.59. The van der Waals surface area contributed by atoms with E-state index in [0.29, 0.717) is 0 Å². The van der Waals surface area contributed by atoms with Gasteiger partial charge < -0.3 is 10.0 Å². The average Bonchev–Trinajstić information content (AvgIpc) is 2.65. The first kappa shape index (κ1) is 11.6. The van der Waals surface area contributed by atoms with Crippen LogP contribution in [0.1, 0.15) is 17.5 Å². The Morgan fingerprint density at radius 3 is 2.59 bits per heavy atom. The molecule has 1 aromatic rings. The Morgan fingerprint density at radius 1 is 1.35 bits per heavy atom. The number of amides is 1. The van der Waals surface area contributed by atoms with Gasteiger partial charge in [0.1, 0.15) is 0 Å². The summed E-state index contributed by atoms with van der Waals surface area (Å²) < 4.78 is 0. The molecule has 0 aliphatic carbocycles. The lowest BCUT2D eigenvalue weighted by atomic mass is 10.1. The fourth-order valence-electron chi connectivity index (χ4n) is 2.02. The number of hydrogen-bond donors (Lipinski definition) is 1. The molecule has 2 rings (SSSR count). The van der Waals surface area contributed by atoms with Gasteiger partial charge in [0.25, 0.3) is 0 Å². The second kappa shape index (κ2) is 4.20. The summed E-state index contributed by atoms with van der Waals surface area (Å²) in [4.78, 5) is 24.2. The molecule has 1 aliphatic heterocycles. The zero-order valence-corrected chi connectivity index (χ0v) is 9.93. The molecule has 4 heteroatoms. The Labute approximate surface area is 99.9 Å². The molecule has 1 saturated heterocycles. The summed E-state index contributed by atoms with van der Waals surface area (Å²) in [5.41, 5.74) is 3.06. The number of carbonyl (C=O) groups excluding carboxylic acids is 1. The van der Waals surface area contributed by atoms with Crippen molar-refractivity contribution >= 4 is 17.6 Å². The molecule has 1 aromatic carbocycles. The number of carboxylic acid groups (broad SMARTS) is 1. The van der Waals surface area contributed by atoms with Gasteiger partial charge in [0, 0.05) is 18.7 Å². The van der Waals surface area contributed by atoms with Gasteiger partial charge in [0.05, 0.1) is 5.92 Å². The van der Waals surface area contributed by atoms with Gasteiger partial charge in [-0.2, -0.15) is 0 Å². The lowest BCUT2D eigenvalue weighted by Gasteiger charge is -2.17. The minimum Gasteiger partial charge on any atom is -0.481 e. The molecule has 0 radical (unpaired) electrons. The minimum atomic E-state index is -0.898. The van der Waals surface area contributed by atoms with Gasteiger partial charge in [0.2, 0.25) is 5.91 Å². The first-order valence-electron chi connectivity index (χ1n) is 5.59. The van der Waals surface area contributed by atoms with E-state index in [1.54, 1.807) is 4.90 Å². The average molecular weight is 233 g/mol. The standard InChI is InChI=1S/C13H15NO3/c1-8-3-4-11(5-9(8)2)14-7-10(13(16)17)6-12(14)15/h3-5,10H,6-7H2,1-2H3,(H,16,17)/t10-/m1/s1. The Hall–Kier alpha value is -1.84. The highest BCUT2D eigenvalue weighted by Gasteiger charge is 2.34. The summed E-state index contributed by atoms with van der Waals surface area (Å²) in [5, 5.41) is 8.92. The Bertz CT molecular complexity index is 482. The predicted octanol–water partition coefficient (Wildman–Crippen LogP) is 1.74. The molecule has 0 bridgehead atoms. The molecule has 90 valence electrons.